The molecule has 1 heterocycles. The molecule has 166 valence electrons. The summed E-state index contributed by atoms with van der Waals surface area (Å²) in [6, 6.07) is 13.3. The molecule has 0 radical (unpaired) electrons. The predicted octanol–water partition coefficient (Wildman–Crippen LogP) is 3.50. The molecule has 0 saturated carbocycles. The van der Waals surface area contributed by atoms with Gasteiger partial charge in [0.15, 0.2) is 0 Å². The summed E-state index contributed by atoms with van der Waals surface area (Å²) < 4.78 is 5.19. The van der Waals surface area contributed by atoms with Crippen LogP contribution in [0.1, 0.15) is 19.4 Å². The number of amides is 3. The van der Waals surface area contributed by atoms with E-state index in [1.807, 2.05) is 30.3 Å². The van der Waals surface area contributed by atoms with Gasteiger partial charge in [0.05, 0.1) is 15.7 Å². The summed E-state index contributed by atoms with van der Waals surface area (Å²) in [6.07, 6.45) is -0.797. The first-order valence-corrected chi connectivity index (χ1v) is 10.2. The van der Waals surface area contributed by atoms with Gasteiger partial charge in [0.25, 0.3) is 0 Å². The topological polar surface area (TPSA) is 112 Å². The zero-order chi connectivity index (χ0) is 23.3. The quantitative estimate of drug-likeness (QED) is 0.400. The van der Waals surface area contributed by atoms with Crippen molar-refractivity contribution in [1.29, 1.82) is 0 Å². The van der Waals surface area contributed by atoms with E-state index in [0.29, 0.717) is 0 Å². The lowest BCUT2D eigenvalue weighted by Crippen LogP contribution is -2.37. The highest BCUT2D eigenvalue weighted by Gasteiger charge is 2.37. The van der Waals surface area contributed by atoms with Crippen LogP contribution in [0.3, 0.4) is 0 Å². The van der Waals surface area contributed by atoms with Crippen molar-refractivity contribution in [2.75, 3.05) is 4.90 Å². The average Bonchev–Trinajstić information content (AvgIpc) is 3.02. The number of ether oxygens (including phenoxy) is 1. The summed E-state index contributed by atoms with van der Waals surface area (Å²) in [5.41, 5.74) is 1.06. The number of halogens is 2. The molecule has 0 atom stereocenters. The average molecular weight is 476 g/mol. The molecule has 0 aromatic heterocycles. The van der Waals surface area contributed by atoms with E-state index in [1.165, 1.54) is 18.2 Å². The Labute approximate surface area is 194 Å². The predicted molar refractivity (Wildman–Crippen MR) is 122 cm³/mol. The van der Waals surface area contributed by atoms with Gasteiger partial charge in [0, 0.05) is 6.04 Å². The highest BCUT2D eigenvalue weighted by atomic mass is 35.5. The SMILES string of the molecule is CC(C)N=C(N=C1NC(=O)C(=O)N1c1ccc(Cl)c(Cl)c1)NC(=O)OCc1ccccc1. The van der Waals surface area contributed by atoms with Gasteiger partial charge in [-0.05, 0) is 37.6 Å². The second kappa shape index (κ2) is 10.3. The van der Waals surface area contributed by atoms with Crippen LogP contribution < -0.4 is 15.5 Å². The lowest BCUT2D eigenvalue weighted by molar-refractivity contribution is -0.134. The summed E-state index contributed by atoms with van der Waals surface area (Å²) in [6.45, 7) is 3.58. The van der Waals surface area contributed by atoms with Crippen LogP contribution >= 0.6 is 23.2 Å². The minimum Gasteiger partial charge on any atom is -0.444 e. The third-order valence-electron chi connectivity index (χ3n) is 4.01. The Morgan fingerprint density at radius 2 is 1.84 bits per heavy atom. The number of carbonyl (C=O) groups is 3. The second-order valence-corrected chi connectivity index (χ2v) is 7.68. The van der Waals surface area contributed by atoms with Crippen molar-refractivity contribution < 1.29 is 19.1 Å². The smallest absolute Gasteiger partial charge is 0.414 e. The van der Waals surface area contributed by atoms with Crippen LogP contribution in [0.2, 0.25) is 10.0 Å². The zero-order valence-corrected chi connectivity index (χ0v) is 18.6. The molecule has 11 heteroatoms. The standard InChI is InChI=1S/C21H19Cl2N5O4/c1-12(2)24-19(27-21(31)32-11-13-6-4-3-5-7-13)26-20-25-17(29)18(30)28(20)14-8-9-15(22)16(23)10-14/h3-10,12H,11H2,1-2H3,(H2,24,25,26,27,29,31). The molecule has 1 fully saturated rings. The third kappa shape index (κ3) is 5.83. The van der Waals surface area contributed by atoms with E-state index in [-0.39, 0.29) is 40.3 Å². The molecule has 3 rings (SSSR count). The van der Waals surface area contributed by atoms with Crippen molar-refractivity contribution in [2.24, 2.45) is 9.98 Å². The lowest BCUT2D eigenvalue weighted by Gasteiger charge is -2.16. The maximum atomic E-state index is 12.4. The molecule has 32 heavy (non-hydrogen) atoms. The van der Waals surface area contributed by atoms with Gasteiger partial charge in [-0.3, -0.25) is 20.2 Å². The molecule has 2 N–H and O–H groups in total. The molecule has 0 unspecified atom stereocenters. The van der Waals surface area contributed by atoms with Crippen LogP contribution in [-0.4, -0.2) is 35.9 Å². The molecule has 2 aromatic carbocycles. The molecule has 1 saturated heterocycles. The van der Waals surface area contributed by atoms with Gasteiger partial charge >= 0.3 is 17.9 Å². The van der Waals surface area contributed by atoms with Gasteiger partial charge in [-0.25, -0.2) is 14.7 Å². The molecular formula is C21H19Cl2N5O4. The normalized spacial score (nSPS) is 15.3. The number of guanidine groups is 2. The molecule has 0 aliphatic carbocycles. The second-order valence-electron chi connectivity index (χ2n) is 6.86. The Balaban J connectivity index is 1.83. The van der Waals surface area contributed by atoms with Gasteiger partial charge in [-0.1, -0.05) is 53.5 Å². The summed E-state index contributed by atoms with van der Waals surface area (Å²) in [4.78, 5) is 46.1. The third-order valence-corrected chi connectivity index (χ3v) is 4.75. The monoisotopic (exact) mass is 475 g/mol. The fraction of sp³-hybridized carbons (Fsp3) is 0.190. The molecule has 1 aliphatic heterocycles. The maximum Gasteiger partial charge on any atom is 0.414 e. The van der Waals surface area contributed by atoms with Gasteiger partial charge in [0.1, 0.15) is 6.61 Å². The van der Waals surface area contributed by atoms with E-state index in [9.17, 15) is 14.4 Å². The van der Waals surface area contributed by atoms with Gasteiger partial charge in [-0.15, -0.1) is 0 Å². The summed E-state index contributed by atoms with van der Waals surface area (Å²) in [7, 11) is 0. The maximum absolute atomic E-state index is 12.4. The lowest BCUT2D eigenvalue weighted by atomic mass is 10.2. The van der Waals surface area contributed by atoms with Crippen molar-refractivity contribution in [2.45, 2.75) is 26.5 Å². The molecule has 0 spiro atoms. The molecule has 2 aromatic rings. The Kier molecular flexibility index (Phi) is 7.45. The number of nitrogens with zero attached hydrogens (tertiary/aromatic N) is 3. The molecule has 0 bridgehead atoms. The van der Waals surface area contributed by atoms with E-state index in [2.05, 4.69) is 20.6 Å². The van der Waals surface area contributed by atoms with Crippen LogP contribution in [0.15, 0.2) is 58.5 Å². The van der Waals surface area contributed by atoms with Crippen LogP contribution in [0.4, 0.5) is 10.5 Å². The Morgan fingerprint density at radius 1 is 1.12 bits per heavy atom. The van der Waals surface area contributed by atoms with Gasteiger partial charge < -0.3 is 4.74 Å². The minimum atomic E-state index is -0.898. The van der Waals surface area contributed by atoms with Crippen molar-refractivity contribution >= 4 is 58.7 Å². The minimum absolute atomic E-state index is 0.0445. The van der Waals surface area contributed by atoms with E-state index < -0.39 is 17.9 Å². The van der Waals surface area contributed by atoms with Crippen molar-refractivity contribution in [3.05, 3.63) is 64.1 Å². The number of nitrogens with one attached hydrogen (secondary N) is 2. The number of hydrogen-bond acceptors (Lipinski definition) is 5. The number of benzene rings is 2. The number of hydrogen-bond donors (Lipinski definition) is 2. The number of carbonyl (C=O) groups excluding carboxylic acids is 3. The number of aliphatic imine (C=N–C) groups is 2. The number of anilines is 1. The number of alkyl carbamates (subject to hydrolysis) is 1. The summed E-state index contributed by atoms with van der Waals surface area (Å²) in [5.74, 6) is -2.07. The molecular weight excluding hydrogens is 457 g/mol. The first-order chi connectivity index (χ1) is 15.2. The Morgan fingerprint density at radius 3 is 2.50 bits per heavy atom. The molecule has 9 nitrogen and oxygen atoms in total. The van der Waals surface area contributed by atoms with E-state index in [4.69, 9.17) is 27.9 Å². The van der Waals surface area contributed by atoms with E-state index in [0.717, 1.165) is 10.5 Å². The van der Waals surface area contributed by atoms with Crippen LogP contribution in [0.25, 0.3) is 0 Å². The highest BCUT2D eigenvalue weighted by molar-refractivity contribution is 6.54. The molecule has 1 aliphatic rings. The van der Waals surface area contributed by atoms with Crippen LogP contribution in [0.5, 0.6) is 0 Å². The first kappa shape index (κ1) is 23.2. The fourth-order valence-corrected chi connectivity index (χ4v) is 2.93. The van der Waals surface area contributed by atoms with Crippen LogP contribution in [-0.2, 0) is 20.9 Å². The highest BCUT2D eigenvalue weighted by Crippen LogP contribution is 2.28. The fourth-order valence-electron chi connectivity index (χ4n) is 2.63. The Hall–Kier alpha value is -3.43. The van der Waals surface area contributed by atoms with E-state index >= 15 is 0 Å². The summed E-state index contributed by atoms with van der Waals surface area (Å²) >= 11 is 12.0. The largest absolute Gasteiger partial charge is 0.444 e. The zero-order valence-electron chi connectivity index (χ0n) is 17.1. The van der Waals surface area contributed by atoms with Gasteiger partial charge in [-0.2, -0.15) is 4.99 Å². The first-order valence-electron chi connectivity index (χ1n) is 9.49. The number of rotatable bonds is 4. The van der Waals surface area contributed by atoms with Crippen molar-refractivity contribution in [1.82, 2.24) is 10.6 Å². The van der Waals surface area contributed by atoms with Crippen LogP contribution in [0, 0.1) is 0 Å². The van der Waals surface area contributed by atoms with E-state index in [1.54, 1.807) is 13.8 Å². The molecule has 3 amide bonds. The van der Waals surface area contributed by atoms with Gasteiger partial charge in [0.2, 0.25) is 11.9 Å². The summed E-state index contributed by atoms with van der Waals surface area (Å²) in [5, 5.41) is 5.26. The van der Waals surface area contributed by atoms with Crippen molar-refractivity contribution in [3.8, 4) is 0 Å². The Bertz CT molecular complexity index is 1100. The van der Waals surface area contributed by atoms with Crippen molar-refractivity contribution in [3.63, 3.8) is 0 Å².